The van der Waals surface area contributed by atoms with Crippen molar-refractivity contribution in [1.29, 1.82) is 0 Å². The molecule has 0 fully saturated rings. The SMILES string of the molecule is Nc1ccc(-c2cc(=O)[nH]nc2-c2ccc(Cl)c(C(F)(F)F)c2)cc1. The lowest BCUT2D eigenvalue weighted by Gasteiger charge is -2.13. The number of alkyl halides is 3. The minimum absolute atomic E-state index is 0.180. The monoisotopic (exact) mass is 365 g/mol. The second kappa shape index (κ2) is 6.25. The number of nitrogens with zero attached hydrogens (tertiary/aromatic N) is 1. The Labute approximate surface area is 145 Å². The Kier molecular flexibility index (Phi) is 4.26. The molecule has 0 saturated heterocycles. The molecule has 0 atom stereocenters. The van der Waals surface area contributed by atoms with Crippen LogP contribution in [0.15, 0.2) is 53.3 Å². The molecule has 0 aliphatic rings. The third-order valence-corrected chi connectivity index (χ3v) is 3.90. The molecule has 1 aromatic heterocycles. The minimum Gasteiger partial charge on any atom is -0.399 e. The summed E-state index contributed by atoms with van der Waals surface area (Å²) >= 11 is 5.66. The summed E-state index contributed by atoms with van der Waals surface area (Å²) in [6, 6.07) is 11.3. The summed E-state index contributed by atoms with van der Waals surface area (Å²) in [7, 11) is 0. The molecule has 0 spiro atoms. The quantitative estimate of drug-likeness (QED) is 0.663. The van der Waals surface area contributed by atoms with Crippen LogP contribution in [0.2, 0.25) is 5.02 Å². The number of hydrogen-bond donors (Lipinski definition) is 2. The second-order valence-electron chi connectivity index (χ2n) is 5.31. The van der Waals surface area contributed by atoms with Crippen molar-refractivity contribution in [3.8, 4) is 22.4 Å². The molecule has 4 nitrogen and oxygen atoms in total. The Balaban J connectivity index is 2.22. The Morgan fingerprint density at radius 1 is 1.00 bits per heavy atom. The lowest BCUT2D eigenvalue weighted by molar-refractivity contribution is -0.137. The first-order valence-corrected chi connectivity index (χ1v) is 7.46. The van der Waals surface area contributed by atoms with Crippen LogP contribution >= 0.6 is 11.6 Å². The summed E-state index contributed by atoms with van der Waals surface area (Å²) in [5.41, 5.74) is 6.10. The molecule has 0 saturated carbocycles. The number of hydrogen-bond acceptors (Lipinski definition) is 3. The molecule has 128 valence electrons. The molecule has 3 rings (SSSR count). The Morgan fingerprint density at radius 2 is 1.64 bits per heavy atom. The zero-order chi connectivity index (χ0) is 18.2. The molecule has 8 heteroatoms. The number of nitrogen functional groups attached to an aromatic ring is 1. The van der Waals surface area contributed by atoms with Crippen LogP contribution in [0, 0.1) is 0 Å². The number of anilines is 1. The molecule has 3 aromatic rings. The number of benzene rings is 2. The average Bonchev–Trinajstić information content (AvgIpc) is 2.55. The maximum atomic E-state index is 13.1. The van der Waals surface area contributed by atoms with Gasteiger partial charge in [-0.1, -0.05) is 29.8 Å². The molecular weight excluding hydrogens is 355 g/mol. The number of nitrogens with two attached hydrogens (primary N) is 1. The van der Waals surface area contributed by atoms with Gasteiger partial charge in [0, 0.05) is 22.9 Å². The van der Waals surface area contributed by atoms with Crippen molar-refractivity contribution in [2.75, 3.05) is 5.73 Å². The second-order valence-corrected chi connectivity index (χ2v) is 5.72. The summed E-state index contributed by atoms with van der Waals surface area (Å²) in [6.45, 7) is 0. The first kappa shape index (κ1) is 17.0. The Morgan fingerprint density at radius 3 is 2.28 bits per heavy atom. The smallest absolute Gasteiger partial charge is 0.399 e. The van der Waals surface area contributed by atoms with Crippen LogP contribution in [0.3, 0.4) is 0 Å². The van der Waals surface area contributed by atoms with E-state index in [4.69, 9.17) is 17.3 Å². The van der Waals surface area contributed by atoms with Crippen molar-refractivity contribution in [3.05, 3.63) is 69.5 Å². The van der Waals surface area contributed by atoms with Gasteiger partial charge in [-0.2, -0.15) is 18.3 Å². The lowest BCUT2D eigenvalue weighted by Crippen LogP contribution is -2.10. The standard InChI is InChI=1S/C17H11ClF3N3O/c18-14-6-3-10(7-13(14)17(19,20)21)16-12(8-15(25)23-24-16)9-1-4-11(22)5-2-9/h1-8H,22H2,(H,23,25). The van der Waals surface area contributed by atoms with E-state index in [1.54, 1.807) is 24.3 Å². The molecule has 1 heterocycles. The van der Waals surface area contributed by atoms with Gasteiger partial charge in [-0.15, -0.1) is 0 Å². The third-order valence-electron chi connectivity index (χ3n) is 3.58. The van der Waals surface area contributed by atoms with Crippen molar-refractivity contribution < 1.29 is 13.2 Å². The Bertz CT molecular complexity index is 982. The largest absolute Gasteiger partial charge is 0.417 e. The van der Waals surface area contributed by atoms with E-state index in [0.717, 1.165) is 12.1 Å². The van der Waals surface area contributed by atoms with Crippen molar-refractivity contribution in [3.63, 3.8) is 0 Å². The number of rotatable bonds is 2. The van der Waals surface area contributed by atoms with E-state index >= 15 is 0 Å². The van der Waals surface area contributed by atoms with Gasteiger partial charge in [0.15, 0.2) is 0 Å². The first-order chi connectivity index (χ1) is 11.8. The van der Waals surface area contributed by atoms with E-state index in [2.05, 4.69) is 10.2 Å². The van der Waals surface area contributed by atoms with Crippen molar-refractivity contribution in [2.24, 2.45) is 0 Å². The molecule has 0 aliphatic heterocycles. The van der Waals surface area contributed by atoms with Crippen LogP contribution in [-0.2, 0) is 6.18 Å². The normalized spacial score (nSPS) is 11.5. The fraction of sp³-hybridized carbons (Fsp3) is 0.0588. The molecule has 25 heavy (non-hydrogen) atoms. The van der Waals surface area contributed by atoms with E-state index < -0.39 is 22.3 Å². The number of H-pyrrole nitrogens is 1. The van der Waals surface area contributed by atoms with Crippen molar-refractivity contribution in [2.45, 2.75) is 6.18 Å². The topological polar surface area (TPSA) is 71.8 Å². The lowest BCUT2D eigenvalue weighted by atomic mass is 9.98. The van der Waals surface area contributed by atoms with Crippen LogP contribution in [0.1, 0.15) is 5.56 Å². The molecule has 3 N–H and O–H groups in total. The zero-order valence-corrected chi connectivity index (χ0v) is 13.3. The van der Waals surface area contributed by atoms with Gasteiger partial charge in [0.25, 0.3) is 5.56 Å². The molecule has 0 aliphatic carbocycles. The summed E-state index contributed by atoms with van der Waals surface area (Å²) in [5, 5.41) is 5.76. The molecule has 2 aromatic carbocycles. The molecule has 0 unspecified atom stereocenters. The number of aromatic nitrogens is 2. The van der Waals surface area contributed by atoms with Gasteiger partial charge in [-0.25, -0.2) is 5.10 Å². The van der Waals surface area contributed by atoms with Gasteiger partial charge in [0.05, 0.1) is 16.3 Å². The number of nitrogens with one attached hydrogen (secondary N) is 1. The van der Waals surface area contributed by atoms with E-state index in [1.807, 2.05) is 0 Å². The summed E-state index contributed by atoms with van der Waals surface area (Å²) in [4.78, 5) is 11.7. The third kappa shape index (κ3) is 3.51. The molecule has 0 radical (unpaired) electrons. The highest BCUT2D eigenvalue weighted by Crippen LogP contribution is 2.38. The van der Waals surface area contributed by atoms with Crippen molar-refractivity contribution >= 4 is 17.3 Å². The maximum absolute atomic E-state index is 13.1. The van der Waals surface area contributed by atoms with Gasteiger partial charge in [-0.3, -0.25) is 4.79 Å². The van der Waals surface area contributed by atoms with Gasteiger partial charge < -0.3 is 5.73 Å². The summed E-state index contributed by atoms with van der Waals surface area (Å²) in [6.07, 6.45) is -4.60. The highest BCUT2D eigenvalue weighted by atomic mass is 35.5. The maximum Gasteiger partial charge on any atom is 0.417 e. The summed E-state index contributed by atoms with van der Waals surface area (Å²) < 4.78 is 39.3. The van der Waals surface area contributed by atoms with Crippen LogP contribution in [-0.4, -0.2) is 10.2 Å². The fourth-order valence-electron chi connectivity index (χ4n) is 2.40. The zero-order valence-electron chi connectivity index (χ0n) is 12.6. The van der Waals surface area contributed by atoms with Crippen molar-refractivity contribution in [1.82, 2.24) is 10.2 Å². The van der Waals surface area contributed by atoms with Gasteiger partial charge in [-0.05, 0) is 29.8 Å². The molecule has 0 bridgehead atoms. The highest BCUT2D eigenvalue weighted by molar-refractivity contribution is 6.31. The highest BCUT2D eigenvalue weighted by Gasteiger charge is 2.33. The molecular formula is C17H11ClF3N3O. The van der Waals surface area contributed by atoms with E-state index in [9.17, 15) is 18.0 Å². The van der Waals surface area contributed by atoms with E-state index in [-0.39, 0.29) is 11.3 Å². The van der Waals surface area contributed by atoms with Crippen LogP contribution in [0.5, 0.6) is 0 Å². The average molecular weight is 366 g/mol. The van der Waals surface area contributed by atoms with Crippen LogP contribution in [0.4, 0.5) is 18.9 Å². The fourth-order valence-corrected chi connectivity index (χ4v) is 2.62. The van der Waals surface area contributed by atoms with Gasteiger partial charge in [0.1, 0.15) is 0 Å². The van der Waals surface area contributed by atoms with Gasteiger partial charge in [0.2, 0.25) is 0 Å². The predicted octanol–water partition coefficient (Wildman–Crippen LogP) is 4.36. The number of aromatic amines is 1. The molecule has 0 amide bonds. The van der Waals surface area contributed by atoms with E-state index in [0.29, 0.717) is 16.8 Å². The predicted molar refractivity (Wildman–Crippen MR) is 90.2 cm³/mol. The number of halogens is 4. The van der Waals surface area contributed by atoms with Gasteiger partial charge >= 0.3 is 6.18 Å². The van der Waals surface area contributed by atoms with Crippen LogP contribution < -0.4 is 11.3 Å². The summed E-state index contributed by atoms with van der Waals surface area (Å²) in [5.74, 6) is 0. The van der Waals surface area contributed by atoms with E-state index in [1.165, 1.54) is 12.1 Å². The minimum atomic E-state index is -4.60. The first-order valence-electron chi connectivity index (χ1n) is 7.08. The van der Waals surface area contributed by atoms with Crippen LogP contribution in [0.25, 0.3) is 22.4 Å². The Hall–Kier alpha value is -2.80.